The molecule has 0 aromatic heterocycles. The fourth-order valence-electron chi connectivity index (χ4n) is 2.05. The van der Waals surface area contributed by atoms with Crippen LogP contribution in [0.3, 0.4) is 0 Å². The number of anilines is 1. The molecular formula is C15H24N2O. The second kappa shape index (κ2) is 6.43. The average molecular weight is 248 g/mol. The quantitative estimate of drug-likeness (QED) is 0.840. The van der Waals surface area contributed by atoms with Crippen LogP contribution in [0.15, 0.2) is 18.2 Å². The van der Waals surface area contributed by atoms with Gasteiger partial charge in [0.05, 0.1) is 5.56 Å². The van der Waals surface area contributed by atoms with Crippen LogP contribution in [0.1, 0.15) is 43.1 Å². The van der Waals surface area contributed by atoms with E-state index < -0.39 is 0 Å². The molecule has 0 radical (unpaired) electrons. The van der Waals surface area contributed by atoms with E-state index in [1.165, 1.54) is 0 Å². The molecule has 0 fully saturated rings. The normalized spacial score (nSPS) is 12.3. The zero-order chi connectivity index (χ0) is 13.7. The Kier molecular flexibility index (Phi) is 5.20. The van der Waals surface area contributed by atoms with Gasteiger partial charge >= 0.3 is 0 Å². The molecule has 100 valence electrons. The summed E-state index contributed by atoms with van der Waals surface area (Å²) in [4.78, 5) is 12.3. The van der Waals surface area contributed by atoms with Gasteiger partial charge in [0.15, 0.2) is 0 Å². The first-order valence-electron chi connectivity index (χ1n) is 6.58. The first-order valence-corrected chi connectivity index (χ1v) is 6.58. The highest BCUT2D eigenvalue weighted by molar-refractivity contribution is 6.00. The van der Waals surface area contributed by atoms with Gasteiger partial charge in [0.25, 0.3) is 5.91 Å². The van der Waals surface area contributed by atoms with Gasteiger partial charge in [-0.15, -0.1) is 0 Å². The van der Waals surface area contributed by atoms with E-state index in [0.29, 0.717) is 5.92 Å². The Hall–Kier alpha value is -1.51. The van der Waals surface area contributed by atoms with Crippen LogP contribution in [0, 0.1) is 12.8 Å². The molecule has 1 rings (SSSR count). The molecule has 18 heavy (non-hydrogen) atoms. The van der Waals surface area contributed by atoms with Crippen molar-refractivity contribution in [3.63, 3.8) is 0 Å². The Morgan fingerprint density at radius 3 is 2.50 bits per heavy atom. The predicted octanol–water partition coefficient (Wildman–Crippen LogP) is 3.20. The number of rotatable bonds is 5. The summed E-state index contributed by atoms with van der Waals surface area (Å²) in [6, 6.07) is 6.10. The predicted molar refractivity (Wildman–Crippen MR) is 77.1 cm³/mol. The van der Waals surface area contributed by atoms with E-state index in [4.69, 9.17) is 0 Å². The van der Waals surface area contributed by atoms with Gasteiger partial charge in [0.1, 0.15) is 0 Å². The number of amides is 1. The van der Waals surface area contributed by atoms with Crippen LogP contribution in [-0.4, -0.2) is 19.0 Å². The molecular weight excluding hydrogens is 224 g/mol. The lowest BCUT2D eigenvalue weighted by Crippen LogP contribution is -2.38. The van der Waals surface area contributed by atoms with E-state index in [2.05, 4.69) is 31.4 Å². The maximum Gasteiger partial charge on any atom is 0.253 e. The van der Waals surface area contributed by atoms with E-state index in [1.807, 2.05) is 32.2 Å². The van der Waals surface area contributed by atoms with Gasteiger partial charge in [0.2, 0.25) is 0 Å². The van der Waals surface area contributed by atoms with Crippen molar-refractivity contribution in [3.05, 3.63) is 29.3 Å². The summed E-state index contributed by atoms with van der Waals surface area (Å²) in [6.45, 7) is 8.35. The monoisotopic (exact) mass is 248 g/mol. The minimum atomic E-state index is 0.00333. The standard InChI is InChI=1S/C15H24N2O/c1-6-13(10(2)3)17-15(18)12-9-11(4)7-8-14(12)16-5/h7-10,13,16H,6H2,1-5H3,(H,17,18). The maximum absolute atomic E-state index is 12.3. The second-order valence-corrected chi connectivity index (χ2v) is 5.03. The van der Waals surface area contributed by atoms with Crippen LogP contribution in [0.25, 0.3) is 0 Å². The fraction of sp³-hybridized carbons (Fsp3) is 0.533. The van der Waals surface area contributed by atoms with Gasteiger partial charge in [-0.2, -0.15) is 0 Å². The van der Waals surface area contributed by atoms with E-state index in [1.54, 1.807) is 0 Å². The van der Waals surface area contributed by atoms with Gasteiger partial charge in [-0.1, -0.05) is 32.4 Å². The Labute approximate surface area is 110 Å². The zero-order valence-corrected chi connectivity index (χ0v) is 12.0. The number of benzene rings is 1. The lowest BCUT2D eigenvalue weighted by Gasteiger charge is -2.21. The highest BCUT2D eigenvalue weighted by Crippen LogP contribution is 2.17. The maximum atomic E-state index is 12.3. The molecule has 0 aliphatic carbocycles. The molecule has 1 aromatic rings. The SMILES string of the molecule is CCC(NC(=O)c1cc(C)ccc1NC)C(C)C. The van der Waals surface area contributed by atoms with Crippen molar-refractivity contribution in [3.8, 4) is 0 Å². The summed E-state index contributed by atoms with van der Waals surface area (Å²) in [5.74, 6) is 0.449. The summed E-state index contributed by atoms with van der Waals surface area (Å²) in [5, 5.41) is 6.17. The highest BCUT2D eigenvalue weighted by atomic mass is 16.1. The largest absolute Gasteiger partial charge is 0.387 e. The number of hydrogen-bond acceptors (Lipinski definition) is 2. The molecule has 1 atom stereocenters. The molecule has 1 unspecified atom stereocenters. The molecule has 0 aliphatic heterocycles. The van der Waals surface area contributed by atoms with Crippen molar-refractivity contribution in [1.82, 2.24) is 5.32 Å². The minimum Gasteiger partial charge on any atom is -0.387 e. The van der Waals surface area contributed by atoms with Crippen LogP contribution in [0.2, 0.25) is 0 Å². The number of hydrogen-bond donors (Lipinski definition) is 2. The summed E-state index contributed by atoms with van der Waals surface area (Å²) < 4.78 is 0. The minimum absolute atomic E-state index is 0.00333. The van der Waals surface area contributed by atoms with Gasteiger partial charge in [0, 0.05) is 18.8 Å². The van der Waals surface area contributed by atoms with E-state index in [-0.39, 0.29) is 11.9 Å². The van der Waals surface area contributed by atoms with E-state index >= 15 is 0 Å². The molecule has 1 amide bonds. The molecule has 0 aliphatic rings. The molecule has 0 saturated heterocycles. The molecule has 3 heteroatoms. The van der Waals surface area contributed by atoms with Crippen molar-refractivity contribution in [2.24, 2.45) is 5.92 Å². The van der Waals surface area contributed by atoms with Gasteiger partial charge in [-0.3, -0.25) is 4.79 Å². The number of carbonyl (C=O) groups is 1. The van der Waals surface area contributed by atoms with Gasteiger partial charge in [-0.05, 0) is 31.4 Å². The van der Waals surface area contributed by atoms with Crippen LogP contribution >= 0.6 is 0 Å². The number of aryl methyl sites for hydroxylation is 1. The molecule has 0 saturated carbocycles. The molecule has 1 aromatic carbocycles. The van der Waals surface area contributed by atoms with Crippen molar-refractivity contribution < 1.29 is 4.79 Å². The Morgan fingerprint density at radius 2 is 2.00 bits per heavy atom. The number of nitrogens with one attached hydrogen (secondary N) is 2. The van der Waals surface area contributed by atoms with Crippen molar-refractivity contribution in [2.45, 2.75) is 40.2 Å². The fourth-order valence-corrected chi connectivity index (χ4v) is 2.05. The third kappa shape index (κ3) is 3.49. The van der Waals surface area contributed by atoms with Crippen LogP contribution < -0.4 is 10.6 Å². The van der Waals surface area contributed by atoms with Crippen LogP contribution in [-0.2, 0) is 0 Å². The lowest BCUT2D eigenvalue weighted by atomic mass is 10.0. The Bertz CT molecular complexity index is 413. The van der Waals surface area contributed by atoms with Crippen molar-refractivity contribution >= 4 is 11.6 Å². The molecule has 0 spiro atoms. The van der Waals surface area contributed by atoms with E-state index in [9.17, 15) is 4.79 Å². The third-order valence-electron chi connectivity index (χ3n) is 3.25. The van der Waals surface area contributed by atoms with Crippen molar-refractivity contribution in [1.29, 1.82) is 0 Å². The van der Waals surface area contributed by atoms with Gasteiger partial charge < -0.3 is 10.6 Å². The smallest absolute Gasteiger partial charge is 0.253 e. The summed E-state index contributed by atoms with van der Waals surface area (Å²) in [6.07, 6.45) is 0.949. The van der Waals surface area contributed by atoms with Crippen LogP contribution in [0.5, 0.6) is 0 Å². The zero-order valence-electron chi connectivity index (χ0n) is 12.0. The molecule has 3 nitrogen and oxygen atoms in total. The van der Waals surface area contributed by atoms with Crippen molar-refractivity contribution in [2.75, 3.05) is 12.4 Å². The van der Waals surface area contributed by atoms with Crippen LogP contribution in [0.4, 0.5) is 5.69 Å². The summed E-state index contributed by atoms with van der Waals surface area (Å²) >= 11 is 0. The Balaban J connectivity index is 2.92. The Morgan fingerprint density at radius 1 is 1.33 bits per heavy atom. The topological polar surface area (TPSA) is 41.1 Å². The first kappa shape index (κ1) is 14.6. The van der Waals surface area contributed by atoms with Gasteiger partial charge in [-0.25, -0.2) is 0 Å². The lowest BCUT2D eigenvalue weighted by molar-refractivity contribution is 0.0925. The number of carbonyl (C=O) groups excluding carboxylic acids is 1. The third-order valence-corrected chi connectivity index (χ3v) is 3.25. The van der Waals surface area contributed by atoms with E-state index in [0.717, 1.165) is 23.2 Å². The highest BCUT2D eigenvalue weighted by Gasteiger charge is 2.17. The second-order valence-electron chi connectivity index (χ2n) is 5.03. The summed E-state index contributed by atoms with van der Waals surface area (Å²) in [5.41, 5.74) is 2.69. The summed E-state index contributed by atoms with van der Waals surface area (Å²) in [7, 11) is 1.83. The average Bonchev–Trinajstić information content (AvgIpc) is 2.35. The molecule has 0 bridgehead atoms. The molecule has 2 N–H and O–H groups in total. The first-order chi connectivity index (χ1) is 8.49. The molecule has 0 heterocycles.